The number of carbonyl (C=O) groups is 2. The molecule has 1 aromatic rings. The van der Waals surface area contributed by atoms with Gasteiger partial charge in [-0.1, -0.05) is 25.1 Å². The third kappa shape index (κ3) is 2.84. The van der Waals surface area contributed by atoms with E-state index >= 15 is 0 Å². The lowest BCUT2D eigenvalue weighted by Gasteiger charge is -2.17. The van der Waals surface area contributed by atoms with E-state index in [2.05, 4.69) is 0 Å². The van der Waals surface area contributed by atoms with Gasteiger partial charge in [0.2, 0.25) is 11.8 Å². The Hall–Kier alpha value is -1.84. The molecule has 4 nitrogen and oxygen atoms in total. The molecular weight excluding hydrogens is 252 g/mol. The molecule has 2 rings (SSSR count). The van der Waals surface area contributed by atoms with Gasteiger partial charge >= 0.3 is 0 Å². The molecule has 0 aromatic heterocycles. The summed E-state index contributed by atoms with van der Waals surface area (Å²) in [6.45, 7) is 7.10. The van der Waals surface area contributed by atoms with Crippen LogP contribution in [0.2, 0.25) is 0 Å². The van der Waals surface area contributed by atoms with Crippen LogP contribution in [0, 0.1) is 25.7 Å². The number of hydrogen-bond acceptors (Lipinski definition) is 2. The summed E-state index contributed by atoms with van der Waals surface area (Å²) in [5, 5.41) is 0. The monoisotopic (exact) mass is 274 g/mol. The van der Waals surface area contributed by atoms with Gasteiger partial charge in [0.15, 0.2) is 0 Å². The van der Waals surface area contributed by atoms with Gasteiger partial charge in [-0.2, -0.15) is 0 Å². The Bertz CT molecular complexity index is 519. The molecule has 0 unspecified atom stereocenters. The van der Waals surface area contributed by atoms with E-state index in [4.69, 9.17) is 5.73 Å². The highest BCUT2D eigenvalue weighted by molar-refractivity contribution is 5.83. The number of amides is 2. The molecule has 1 saturated heterocycles. The molecule has 0 bridgehead atoms. The fourth-order valence-corrected chi connectivity index (χ4v) is 2.93. The predicted molar refractivity (Wildman–Crippen MR) is 78.0 cm³/mol. The van der Waals surface area contributed by atoms with Crippen LogP contribution in [0.1, 0.15) is 23.6 Å². The van der Waals surface area contributed by atoms with Crippen molar-refractivity contribution in [2.24, 2.45) is 17.6 Å². The molecule has 1 fully saturated rings. The predicted octanol–water partition coefficient (Wildman–Crippen LogP) is 1.43. The van der Waals surface area contributed by atoms with Crippen LogP contribution in [0.25, 0.3) is 0 Å². The minimum Gasteiger partial charge on any atom is -0.369 e. The molecule has 0 saturated carbocycles. The van der Waals surface area contributed by atoms with Gasteiger partial charge in [0.05, 0.1) is 12.3 Å². The summed E-state index contributed by atoms with van der Waals surface area (Å²) in [6.07, 6.45) is 0.400. The van der Waals surface area contributed by atoms with Crippen LogP contribution >= 0.6 is 0 Å². The first-order chi connectivity index (χ1) is 9.40. The van der Waals surface area contributed by atoms with Gasteiger partial charge in [-0.3, -0.25) is 9.59 Å². The third-order valence-corrected chi connectivity index (χ3v) is 4.30. The number of nitrogens with zero attached hydrogens (tertiary/aromatic N) is 1. The number of hydrogen-bond donors (Lipinski definition) is 1. The van der Waals surface area contributed by atoms with E-state index in [0.29, 0.717) is 19.5 Å². The van der Waals surface area contributed by atoms with Crippen molar-refractivity contribution in [1.82, 2.24) is 4.90 Å². The maximum atomic E-state index is 12.4. The van der Waals surface area contributed by atoms with E-state index in [1.54, 1.807) is 4.90 Å². The number of primary amides is 1. The Kier molecular flexibility index (Phi) is 4.12. The van der Waals surface area contributed by atoms with Gasteiger partial charge in [0.1, 0.15) is 0 Å². The Labute approximate surface area is 119 Å². The number of rotatable bonds is 3. The highest BCUT2D eigenvalue weighted by Gasteiger charge is 2.35. The topological polar surface area (TPSA) is 63.4 Å². The maximum absolute atomic E-state index is 12.4. The number of nitrogens with two attached hydrogens (primary N) is 1. The summed E-state index contributed by atoms with van der Waals surface area (Å²) in [5.41, 5.74) is 8.74. The number of carbonyl (C=O) groups excluding carboxylic acids is 2. The Morgan fingerprint density at radius 3 is 2.35 bits per heavy atom. The van der Waals surface area contributed by atoms with E-state index in [1.807, 2.05) is 39.0 Å². The van der Waals surface area contributed by atoms with Crippen LogP contribution in [0.15, 0.2) is 18.2 Å². The molecule has 1 aliphatic heterocycles. The lowest BCUT2D eigenvalue weighted by atomic mass is 9.98. The molecule has 1 heterocycles. The molecule has 2 amide bonds. The minimum absolute atomic E-state index is 0.0815. The Balaban J connectivity index is 2.08. The van der Waals surface area contributed by atoms with E-state index in [9.17, 15) is 9.59 Å². The fourth-order valence-electron chi connectivity index (χ4n) is 2.93. The Morgan fingerprint density at radius 2 is 1.85 bits per heavy atom. The molecule has 1 aliphatic rings. The normalized spacial score (nSPS) is 22.1. The lowest BCUT2D eigenvalue weighted by Crippen LogP contribution is -2.33. The second-order valence-electron chi connectivity index (χ2n) is 5.83. The summed E-state index contributed by atoms with van der Waals surface area (Å²) in [6, 6.07) is 6.04. The highest BCUT2D eigenvalue weighted by atomic mass is 16.2. The van der Waals surface area contributed by atoms with Crippen molar-refractivity contribution in [1.29, 1.82) is 0 Å². The second-order valence-corrected chi connectivity index (χ2v) is 5.83. The van der Waals surface area contributed by atoms with E-state index in [-0.39, 0.29) is 23.7 Å². The summed E-state index contributed by atoms with van der Waals surface area (Å²) >= 11 is 0. The number of likely N-dealkylation sites (tertiary alicyclic amines) is 1. The van der Waals surface area contributed by atoms with Crippen LogP contribution in [-0.4, -0.2) is 29.8 Å². The summed E-state index contributed by atoms with van der Waals surface area (Å²) in [7, 11) is 0. The van der Waals surface area contributed by atoms with Gasteiger partial charge in [-0.05, 0) is 36.5 Å². The minimum atomic E-state index is -0.306. The van der Waals surface area contributed by atoms with Gasteiger partial charge < -0.3 is 10.6 Å². The van der Waals surface area contributed by atoms with Crippen LogP contribution in [0.4, 0.5) is 0 Å². The van der Waals surface area contributed by atoms with Crippen molar-refractivity contribution in [2.45, 2.75) is 27.2 Å². The van der Waals surface area contributed by atoms with Crippen molar-refractivity contribution in [3.8, 4) is 0 Å². The summed E-state index contributed by atoms with van der Waals surface area (Å²) in [4.78, 5) is 25.5. The smallest absolute Gasteiger partial charge is 0.227 e. The van der Waals surface area contributed by atoms with Gasteiger partial charge in [-0.15, -0.1) is 0 Å². The molecule has 2 atom stereocenters. The van der Waals surface area contributed by atoms with Crippen LogP contribution in [0.3, 0.4) is 0 Å². The molecule has 108 valence electrons. The third-order valence-electron chi connectivity index (χ3n) is 4.30. The lowest BCUT2D eigenvalue weighted by molar-refractivity contribution is -0.129. The zero-order valence-electron chi connectivity index (χ0n) is 12.3. The standard InChI is InChI=1S/C16H22N2O2/c1-10-5-4-6-11(2)13(10)7-15(19)18-8-12(3)14(9-18)16(17)20/h4-6,12,14H,7-9H2,1-3H3,(H2,17,20)/t12-,14-/m1/s1. The van der Waals surface area contributed by atoms with Gasteiger partial charge in [0, 0.05) is 13.1 Å². The van der Waals surface area contributed by atoms with Gasteiger partial charge in [0.25, 0.3) is 0 Å². The first-order valence-electron chi connectivity index (χ1n) is 7.02. The SMILES string of the molecule is Cc1cccc(C)c1CC(=O)N1C[C@@H](C)[C@H](C(N)=O)C1. The molecule has 2 N–H and O–H groups in total. The largest absolute Gasteiger partial charge is 0.369 e. The molecule has 20 heavy (non-hydrogen) atoms. The average Bonchev–Trinajstić information content (AvgIpc) is 2.76. The van der Waals surface area contributed by atoms with Crippen molar-refractivity contribution in [3.05, 3.63) is 34.9 Å². The summed E-state index contributed by atoms with van der Waals surface area (Å²) in [5.74, 6) is -0.288. The first kappa shape index (κ1) is 14.6. The van der Waals surface area contributed by atoms with Crippen molar-refractivity contribution in [2.75, 3.05) is 13.1 Å². The maximum Gasteiger partial charge on any atom is 0.227 e. The first-order valence-corrected chi connectivity index (χ1v) is 7.02. The summed E-state index contributed by atoms with van der Waals surface area (Å²) < 4.78 is 0. The highest BCUT2D eigenvalue weighted by Crippen LogP contribution is 2.24. The van der Waals surface area contributed by atoms with E-state index < -0.39 is 0 Å². The zero-order valence-corrected chi connectivity index (χ0v) is 12.3. The van der Waals surface area contributed by atoms with Gasteiger partial charge in [-0.25, -0.2) is 0 Å². The van der Waals surface area contributed by atoms with Crippen LogP contribution in [0.5, 0.6) is 0 Å². The number of benzene rings is 1. The van der Waals surface area contributed by atoms with Crippen molar-refractivity contribution in [3.63, 3.8) is 0 Å². The fraction of sp³-hybridized carbons (Fsp3) is 0.500. The van der Waals surface area contributed by atoms with Crippen molar-refractivity contribution >= 4 is 11.8 Å². The quantitative estimate of drug-likeness (QED) is 0.906. The Morgan fingerprint density at radius 1 is 1.25 bits per heavy atom. The van der Waals surface area contributed by atoms with E-state index in [0.717, 1.165) is 16.7 Å². The van der Waals surface area contributed by atoms with Crippen LogP contribution < -0.4 is 5.73 Å². The second kappa shape index (κ2) is 5.65. The molecule has 0 aliphatic carbocycles. The van der Waals surface area contributed by atoms with Crippen LogP contribution in [-0.2, 0) is 16.0 Å². The van der Waals surface area contributed by atoms with Crippen molar-refractivity contribution < 1.29 is 9.59 Å². The molecule has 1 aromatic carbocycles. The zero-order chi connectivity index (χ0) is 14.9. The average molecular weight is 274 g/mol. The molecule has 0 radical (unpaired) electrons. The van der Waals surface area contributed by atoms with E-state index in [1.165, 1.54) is 0 Å². The number of aryl methyl sites for hydroxylation is 2. The molecular formula is C16H22N2O2. The molecule has 4 heteroatoms. The molecule has 0 spiro atoms.